The molecule has 3 heteroatoms. The zero-order chi connectivity index (χ0) is 12.1. The van der Waals surface area contributed by atoms with E-state index in [2.05, 4.69) is 21.8 Å². The molecule has 0 atom stereocenters. The number of hydrogen-bond donors (Lipinski definition) is 1. The SMILES string of the molecule is Cc1cccc(C#Cc2cncc(CO)c2)n1. The molecule has 0 fully saturated rings. The number of aliphatic hydroxyl groups excluding tert-OH is 1. The Labute approximate surface area is 100 Å². The van der Waals surface area contributed by atoms with Crippen molar-refractivity contribution in [3.05, 3.63) is 59.2 Å². The van der Waals surface area contributed by atoms with Gasteiger partial charge in [-0.3, -0.25) is 4.98 Å². The lowest BCUT2D eigenvalue weighted by molar-refractivity contribution is 0.281. The second kappa shape index (κ2) is 5.24. The summed E-state index contributed by atoms with van der Waals surface area (Å²) in [4.78, 5) is 8.29. The molecule has 0 amide bonds. The molecule has 0 aliphatic heterocycles. The van der Waals surface area contributed by atoms with Gasteiger partial charge in [-0.1, -0.05) is 12.0 Å². The van der Waals surface area contributed by atoms with Crippen LogP contribution in [0.15, 0.2) is 36.7 Å². The van der Waals surface area contributed by atoms with Crippen LogP contribution in [0.2, 0.25) is 0 Å². The fourth-order valence-corrected chi connectivity index (χ4v) is 1.39. The van der Waals surface area contributed by atoms with Gasteiger partial charge in [0.15, 0.2) is 0 Å². The maximum Gasteiger partial charge on any atom is 0.113 e. The minimum atomic E-state index is -0.0226. The van der Waals surface area contributed by atoms with Crippen LogP contribution in [0.25, 0.3) is 0 Å². The quantitative estimate of drug-likeness (QED) is 0.749. The molecule has 0 bridgehead atoms. The number of aromatic nitrogens is 2. The van der Waals surface area contributed by atoms with Crippen LogP contribution >= 0.6 is 0 Å². The van der Waals surface area contributed by atoms with E-state index in [1.165, 1.54) is 0 Å². The van der Waals surface area contributed by atoms with E-state index in [1.807, 2.05) is 31.2 Å². The molecule has 2 aromatic rings. The Morgan fingerprint density at radius 2 is 2.12 bits per heavy atom. The van der Waals surface area contributed by atoms with Crippen LogP contribution in [0, 0.1) is 18.8 Å². The zero-order valence-corrected chi connectivity index (χ0v) is 9.51. The summed E-state index contributed by atoms with van der Waals surface area (Å²) in [6.45, 7) is 1.91. The van der Waals surface area contributed by atoms with Gasteiger partial charge in [0.1, 0.15) is 5.69 Å². The number of aliphatic hydroxyl groups is 1. The van der Waals surface area contributed by atoms with Gasteiger partial charge in [-0.15, -0.1) is 0 Å². The molecule has 0 saturated carbocycles. The monoisotopic (exact) mass is 224 g/mol. The van der Waals surface area contributed by atoms with Gasteiger partial charge in [0, 0.05) is 23.7 Å². The molecule has 0 unspecified atom stereocenters. The van der Waals surface area contributed by atoms with Gasteiger partial charge in [0.25, 0.3) is 0 Å². The Morgan fingerprint density at radius 1 is 1.24 bits per heavy atom. The molecule has 0 spiro atoms. The van der Waals surface area contributed by atoms with E-state index in [-0.39, 0.29) is 6.61 Å². The van der Waals surface area contributed by atoms with Crippen LogP contribution in [-0.4, -0.2) is 15.1 Å². The zero-order valence-electron chi connectivity index (χ0n) is 9.51. The van der Waals surface area contributed by atoms with Crippen molar-refractivity contribution in [2.45, 2.75) is 13.5 Å². The molecular formula is C14H12N2O. The van der Waals surface area contributed by atoms with Crippen molar-refractivity contribution in [2.24, 2.45) is 0 Å². The summed E-state index contributed by atoms with van der Waals surface area (Å²) in [7, 11) is 0. The highest BCUT2D eigenvalue weighted by atomic mass is 16.3. The first-order valence-electron chi connectivity index (χ1n) is 5.28. The lowest BCUT2D eigenvalue weighted by Crippen LogP contribution is -1.88. The first-order chi connectivity index (χ1) is 8.28. The standard InChI is InChI=1S/C14H12N2O/c1-11-3-2-4-14(16-11)6-5-12-7-13(10-17)9-15-8-12/h2-4,7-9,17H,10H2,1H3. The number of aryl methyl sites for hydroxylation is 1. The van der Waals surface area contributed by atoms with Crippen LogP contribution in [-0.2, 0) is 6.61 Å². The van der Waals surface area contributed by atoms with Crippen molar-refractivity contribution < 1.29 is 5.11 Å². The van der Waals surface area contributed by atoms with Gasteiger partial charge in [0.05, 0.1) is 6.61 Å². The number of nitrogens with zero attached hydrogens (tertiary/aromatic N) is 2. The first kappa shape index (κ1) is 11.3. The summed E-state index contributed by atoms with van der Waals surface area (Å²) in [6, 6.07) is 7.53. The average Bonchev–Trinajstić information content (AvgIpc) is 2.37. The number of hydrogen-bond acceptors (Lipinski definition) is 3. The highest BCUT2D eigenvalue weighted by Crippen LogP contribution is 2.02. The van der Waals surface area contributed by atoms with E-state index in [9.17, 15) is 0 Å². The molecule has 2 rings (SSSR count). The summed E-state index contributed by atoms with van der Waals surface area (Å²) in [5, 5.41) is 8.98. The topological polar surface area (TPSA) is 46.0 Å². The summed E-state index contributed by atoms with van der Waals surface area (Å²) in [5.74, 6) is 5.95. The summed E-state index contributed by atoms with van der Waals surface area (Å²) < 4.78 is 0. The average molecular weight is 224 g/mol. The molecule has 0 radical (unpaired) electrons. The normalized spacial score (nSPS) is 9.53. The second-order valence-corrected chi connectivity index (χ2v) is 3.65. The van der Waals surface area contributed by atoms with Crippen molar-refractivity contribution in [3.8, 4) is 11.8 Å². The molecule has 0 saturated heterocycles. The smallest absolute Gasteiger partial charge is 0.113 e. The Hall–Kier alpha value is -2.18. The fraction of sp³-hybridized carbons (Fsp3) is 0.143. The minimum Gasteiger partial charge on any atom is -0.392 e. The van der Waals surface area contributed by atoms with E-state index in [0.717, 1.165) is 22.5 Å². The minimum absolute atomic E-state index is 0.0226. The maximum atomic E-state index is 8.98. The van der Waals surface area contributed by atoms with Crippen LogP contribution in [0.5, 0.6) is 0 Å². The van der Waals surface area contributed by atoms with Gasteiger partial charge in [0.2, 0.25) is 0 Å². The van der Waals surface area contributed by atoms with Crippen molar-refractivity contribution >= 4 is 0 Å². The van der Waals surface area contributed by atoms with Crippen molar-refractivity contribution in [1.82, 2.24) is 9.97 Å². The summed E-state index contributed by atoms with van der Waals surface area (Å²) in [5.41, 5.74) is 3.22. The third kappa shape index (κ3) is 3.13. The lowest BCUT2D eigenvalue weighted by atomic mass is 10.2. The van der Waals surface area contributed by atoms with Gasteiger partial charge in [-0.2, -0.15) is 0 Å². The maximum absolute atomic E-state index is 8.98. The predicted octanol–water partition coefficient (Wildman–Crippen LogP) is 1.68. The van der Waals surface area contributed by atoms with Crippen molar-refractivity contribution in [3.63, 3.8) is 0 Å². The summed E-state index contributed by atoms with van der Waals surface area (Å²) in [6.07, 6.45) is 3.29. The Bertz CT molecular complexity index is 582. The van der Waals surface area contributed by atoms with Crippen LogP contribution < -0.4 is 0 Å². The van der Waals surface area contributed by atoms with Crippen LogP contribution in [0.1, 0.15) is 22.5 Å². The van der Waals surface area contributed by atoms with Gasteiger partial charge in [-0.05, 0) is 36.6 Å². The molecule has 0 aliphatic carbocycles. The van der Waals surface area contributed by atoms with E-state index in [1.54, 1.807) is 12.4 Å². The molecule has 84 valence electrons. The Morgan fingerprint density at radius 3 is 2.88 bits per heavy atom. The van der Waals surface area contributed by atoms with Crippen molar-refractivity contribution in [1.29, 1.82) is 0 Å². The third-order valence-electron chi connectivity index (χ3n) is 2.20. The molecule has 17 heavy (non-hydrogen) atoms. The van der Waals surface area contributed by atoms with Gasteiger partial charge in [-0.25, -0.2) is 4.98 Å². The number of rotatable bonds is 1. The molecule has 0 aromatic carbocycles. The highest BCUT2D eigenvalue weighted by molar-refractivity contribution is 5.40. The van der Waals surface area contributed by atoms with E-state index >= 15 is 0 Å². The van der Waals surface area contributed by atoms with Gasteiger partial charge >= 0.3 is 0 Å². The van der Waals surface area contributed by atoms with Gasteiger partial charge < -0.3 is 5.11 Å². The third-order valence-corrected chi connectivity index (χ3v) is 2.20. The van der Waals surface area contributed by atoms with Crippen molar-refractivity contribution in [2.75, 3.05) is 0 Å². The molecule has 0 aliphatic rings. The van der Waals surface area contributed by atoms with E-state index in [4.69, 9.17) is 5.11 Å². The van der Waals surface area contributed by atoms with E-state index in [0.29, 0.717) is 0 Å². The predicted molar refractivity (Wildman–Crippen MR) is 65.1 cm³/mol. The molecule has 2 heterocycles. The molecular weight excluding hydrogens is 212 g/mol. The largest absolute Gasteiger partial charge is 0.392 e. The Kier molecular flexibility index (Phi) is 3.49. The summed E-state index contributed by atoms with van der Waals surface area (Å²) >= 11 is 0. The number of pyridine rings is 2. The Balaban J connectivity index is 2.26. The van der Waals surface area contributed by atoms with Crippen LogP contribution in [0.4, 0.5) is 0 Å². The fourth-order valence-electron chi connectivity index (χ4n) is 1.39. The lowest BCUT2D eigenvalue weighted by Gasteiger charge is -1.95. The molecule has 3 nitrogen and oxygen atoms in total. The second-order valence-electron chi connectivity index (χ2n) is 3.65. The first-order valence-corrected chi connectivity index (χ1v) is 5.28. The highest BCUT2D eigenvalue weighted by Gasteiger charge is 1.93. The van der Waals surface area contributed by atoms with E-state index < -0.39 is 0 Å². The molecule has 1 N–H and O–H groups in total. The van der Waals surface area contributed by atoms with Crippen LogP contribution in [0.3, 0.4) is 0 Å². The molecule has 2 aromatic heterocycles.